The Bertz CT molecular complexity index is 1020. The van der Waals surface area contributed by atoms with Crippen molar-refractivity contribution in [2.24, 2.45) is 0 Å². The number of rotatable bonds is 8. The van der Waals surface area contributed by atoms with E-state index in [-0.39, 0.29) is 41.5 Å². The van der Waals surface area contributed by atoms with Crippen molar-refractivity contribution in [1.82, 2.24) is 0 Å². The molecule has 0 aromatic heterocycles. The normalized spacial score (nSPS) is 14.5. The maximum absolute atomic E-state index is 12.6. The Morgan fingerprint density at radius 3 is 1.82 bits per heavy atom. The molecular weight excluding hydrogens is 464 g/mol. The van der Waals surface area contributed by atoms with Gasteiger partial charge in [0.25, 0.3) is 0 Å². The van der Waals surface area contributed by atoms with Crippen LogP contribution in [-0.4, -0.2) is 18.2 Å². The summed E-state index contributed by atoms with van der Waals surface area (Å²) in [6, 6.07) is 25.6. The zero-order valence-electron chi connectivity index (χ0n) is 20.2. The molecule has 5 heteroatoms. The first-order valence-corrected chi connectivity index (χ1v) is 13.0. The number of carbonyl (C=O) groups excluding carboxylic acids is 1. The summed E-state index contributed by atoms with van der Waals surface area (Å²) in [5.41, 5.74) is 1.79. The maximum Gasteiger partial charge on any atom is 0.344 e. The smallest absolute Gasteiger partial charge is 0.344 e. The lowest BCUT2D eigenvalue weighted by Crippen LogP contribution is -3.00. The van der Waals surface area contributed by atoms with Crippen molar-refractivity contribution in [2.75, 3.05) is 6.61 Å². The highest BCUT2D eigenvalue weighted by Gasteiger charge is 2.36. The molecule has 3 aromatic rings. The molecule has 0 spiro atoms. The molecule has 4 rings (SSSR count). The molecule has 0 N–H and O–H groups in total. The fourth-order valence-corrected chi connectivity index (χ4v) is 6.99. The van der Waals surface area contributed by atoms with Crippen molar-refractivity contribution in [1.29, 1.82) is 0 Å². The van der Waals surface area contributed by atoms with Gasteiger partial charge < -0.3 is 21.9 Å². The summed E-state index contributed by atoms with van der Waals surface area (Å²) in [7, 11) is -0.214. The fraction of sp³-hybridized carbons (Fsp3) is 0.345. The topological polar surface area (TPSA) is 35.5 Å². The van der Waals surface area contributed by atoms with E-state index in [0.717, 1.165) is 49.0 Å². The Hall–Kier alpha value is -2.43. The number of hydrogen-bond donors (Lipinski definition) is 0. The van der Waals surface area contributed by atoms with Crippen LogP contribution in [-0.2, 0) is 20.4 Å². The fourth-order valence-electron chi connectivity index (χ4n) is 4.73. The van der Waals surface area contributed by atoms with Crippen LogP contribution in [0, 0.1) is 13.8 Å². The molecule has 0 atom stereocenters. The number of aryl methyl sites for hydroxylation is 2. The van der Waals surface area contributed by atoms with E-state index in [2.05, 4.69) is 93.6 Å². The molecule has 0 radical (unpaired) electrons. The first-order valence-electron chi connectivity index (χ1n) is 11.8. The Morgan fingerprint density at radius 1 is 0.853 bits per heavy atom. The zero-order valence-corrected chi connectivity index (χ0v) is 21.8. The van der Waals surface area contributed by atoms with Gasteiger partial charge in [0.2, 0.25) is 0 Å². The highest BCUT2D eigenvalue weighted by Crippen LogP contribution is 2.37. The van der Waals surface area contributed by atoms with Crippen molar-refractivity contribution in [2.45, 2.75) is 73.2 Å². The van der Waals surface area contributed by atoms with Crippen molar-refractivity contribution in [3.8, 4) is 5.75 Å². The summed E-state index contributed by atoms with van der Waals surface area (Å²) < 4.78 is 11.9. The van der Waals surface area contributed by atoms with Crippen LogP contribution in [0.4, 0.5) is 0 Å². The molecule has 0 bridgehead atoms. The third-order valence-electron chi connectivity index (χ3n) is 6.45. The first-order chi connectivity index (χ1) is 16.0. The summed E-state index contributed by atoms with van der Waals surface area (Å²) in [6.45, 7) is 6.16. The predicted octanol–water partition coefficient (Wildman–Crippen LogP) is 4.05. The third kappa shape index (κ3) is 5.97. The molecule has 3 nitrogen and oxygen atoms in total. The van der Waals surface area contributed by atoms with Crippen LogP contribution in [0.15, 0.2) is 87.5 Å². The average Bonchev–Trinajstić information content (AvgIpc) is 3.29. The molecule has 1 aliphatic carbocycles. The van der Waals surface area contributed by atoms with E-state index in [1.165, 1.54) is 14.7 Å². The minimum atomic E-state index is -0.284. The standard InChI is InChI=1S/C29H33O3S.ClH/c1-4-29(17-11-12-18-29)32-27(30)21-31-28-22(2)19-26(20-23(28)3)33(24-13-7-5-8-14-24)25-15-9-6-10-16-25;/h5-10,13-16,19-20H,4,11-12,17-18,21H2,1-3H3;1H/q+1;/p-1. The molecule has 1 fully saturated rings. The number of esters is 1. The largest absolute Gasteiger partial charge is 1.00 e. The second-order valence-corrected chi connectivity index (χ2v) is 10.9. The van der Waals surface area contributed by atoms with Crippen LogP contribution in [0.1, 0.15) is 50.2 Å². The molecular formula is C29H33ClO3S. The molecule has 0 aliphatic heterocycles. The Labute approximate surface area is 212 Å². The van der Waals surface area contributed by atoms with E-state index < -0.39 is 0 Å². The van der Waals surface area contributed by atoms with E-state index in [9.17, 15) is 4.79 Å². The number of halogens is 1. The van der Waals surface area contributed by atoms with Gasteiger partial charge in [0.05, 0.1) is 10.9 Å². The van der Waals surface area contributed by atoms with Crippen LogP contribution in [0.25, 0.3) is 0 Å². The minimum Gasteiger partial charge on any atom is -1.00 e. The molecule has 0 heterocycles. The number of hydrogen-bond acceptors (Lipinski definition) is 3. The van der Waals surface area contributed by atoms with Gasteiger partial charge in [0.1, 0.15) is 11.4 Å². The van der Waals surface area contributed by atoms with Crippen LogP contribution < -0.4 is 17.1 Å². The van der Waals surface area contributed by atoms with Gasteiger partial charge in [-0.15, -0.1) is 0 Å². The molecule has 180 valence electrons. The Morgan fingerprint density at radius 2 is 1.35 bits per heavy atom. The van der Waals surface area contributed by atoms with Crippen LogP contribution >= 0.6 is 0 Å². The molecule has 0 unspecified atom stereocenters. The zero-order chi connectivity index (χ0) is 23.3. The minimum absolute atomic E-state index is 0. The molecule has 1 aliphatic rings. The molecule has 34 heavy (non-hydrogen) atoms. The average molecular weight is 497 g/mol. The third-order valence-corrected chi connectivity index (χ3v) is 8.65. The van der Waals surface area contributed by atoms with Crippen LogP contribution in [0.5, 0.6) is 5.75 Å². The van der Waals surface area contributed by atoms with E-state index in [4.69, 9.17) is 9.47 Å². The van der Waals surface area contributed by atoms with Gasteiger partial charge in [0, 0.05) is 12.1 Å². The van der Waals surface area contributed by atoms with E-state index >= 15 is 0 Å². The second kappa shape index (κ2) is 11.8. The molecule has 1 saturated carbocycles. The summed E-state index contributed by atoms with van der Waals surface area (Å²) in [5, 5.41) is 0. The second-order valence-electron chi connectivity index (χ2n) is 8.82. The highest BCUT2D eigenvalue weighted by atomic mass is 35.5. The van der Waals surface area contributed by atoms with Gasteiger partial charge in [0.15, 0.2) is 21.3 Å². The number of benzene rings is 3. The predicted molar refractivity (Wildman–Crippen MR) is 134 cm³/mol. The van der Waals surface area contributed by atoms with Gasteiger partial charge >= 0.3 is 5.97 Å². The van der Waals surface area contributed by atoms with Crippen LogP contribution in [0.3, 0.4) is 0 Å². The van der Waals surface area contributed by atoms with Crippen molar-refractivity contribution in [3.05, 3.63) is 83.9 Å². The SMILES string of the molecule is CCC1(OC(=O)COc2c(C)cc([S+](c3ccccc3)c3ccccc3)cc2C)CCCC1.[Cl-]. The van der Waals surface area contributed by atoms with Crippen LogP contribution in [0.2, 0.25) is 0 Å². The first kappa shape index (κ1) is 26.2. The molecule has 0 saturated heterocycles. The summed E-state index contributed by atoms with van der Waals surface area (Å²) >= 11 is 0. The number of carbonyl (C=O) groups is 1. The Balaban J connectivity index is 0.00000324. The quantitative estimate of drug-likeness (QED) is 0.348. The van der Waals surface area contributed by atoms with Gasteiger partial charge in [-0.25, -0.2) is 4.79 Å². The lowest BCUT2D eigenvalue weighted by Gasteiger charge is -2.27. The summed E-state index contributed by atoms with van der Waals surface area (Å²) in [5.74, 6) is 0.507. The summed E-state index contributed by atoms with van der Waals surface area (Å²) in [6.07, 6.45) is 5.05. The number of ether oxygens (including phenoxy) is 2. The maximum atomic E-state index is 12.6. The monoisotopic (exact) mass is 496 g/mol. The van der Waals surface area contributed by atoms with E-state index in [1.54, 1.807) is 0 Å². The van der Waals surface area contributed by atoms with Gasteiger partial charge in [-0.2, -0.15) is 0 Å². The lowest BCUT2D eigenvalue weighted by atomic mass is 9.99. The summed E-state index contributed by atoms with van der Waals surface area (Å²) in [4.78, 5) is 16.4. The lowest BCUT2D eigenvalue weighted by molar-refractivity contribution is -0.162. The van der Waals surface area contributed by atoms with Crippen molar-refractivity contribution < 1.29 is 26.7 Å². The van der Waals surface area contributed by atoms with Gasteiger partial charge in [-0.3, -0.25) is 0 Å². The molecule has 0 amide bonds. The van der Waals surface area contributed by atoms with E-state index in [0.29, 0.717) is 0 Å². The van der Waals surface area contributed by atoms with E-state index in [1.807, 2.05) is 0 Å². The molecule has 3 aromatic carbocycles. The Kier molecular flexibility index (Phi) is 9.10. The highest BCUT2D eigenvalue weighted by molar-refractivity contribution is 7.97. The van der Waals surface area contributed by atoms with Crippen molar-refractivity contribution in [3.63, 3.8) is 0 Å². The van der Waals surface area contributed by atoms with Gasteiger partial charge in [-0.05, 0) is 81.3 Å². The van der Waals surface area contributed by atoms with Gasteiger partial charge in [-0.1, -0.05) is 43.3 Å². The van der Waals surface area contributed by atoms with Crippen molar-refractivity contribution >= 4 is 16.9 Å².